The largest absolute Gasteiger partial charge is 0.301 e. The summed E-state index contributed by atoms with van der Waals surface area (Å²) in [4.78, 5) is 0. The smallest absolute Gasteiger partial charge is 0.284 e. The normalized spacial score (nSPS) is 14.7. The van der Waals surface area contributed by atoms with Crippen LogP contribution in [0.4, 0.5) is 0 Å². The van der Waals surface area contributed by atoms with Crippen LogP contribution in [-0.2, 0) is 15.5 Å². The molecule has 0 radical (unpaired) electrons. The summed E-state index contributed by atoms with van der Waals surface area (Å²) < 4.78 is 23.0. The number of hydrogen-bond acceptors (Lipinski definition) is 3. The van der Waals surface area contributed by atoms with E-state index in [4.69, 9.17) is 4.55 Å². The molecule has 0 aliphatic rings. The van der Waals surface area contributed by atoms with Gasteiger partial charge in [-0.2, -0.15) is 16.0 Å². The SMILES string of the molecule is CC(C)(C)SCCCOS(=O)O. The summed E-state index contributed by atoms with van der Waals surface area (Å²) in [5, 5.41) is 0. The average Bonchev–Trinajstić information content (AvgIpc) is 1.83. The van der Waals surface area contributed by atoms with Crippen LogP contribution in [0.3, 0.4) is 0 Å². The maximum Gasteiger partial charge on any atom is 0.301 e. The predicted octanol–water partition coefficient (Wildman–Crippen LogP) is 2.06. The molecule has 5 heteroatoms. The highest BCUT2D eigenvalue weighted by molar-refractivity contribution is 8.00. The summed E-state index contributed by atoms with van der Waals surface area (Å²) in [7, 11) is 0. The van der Waals surface area contributed by atoms with Crippen LogP contribution in [0.15, 0.2) is 0 Å². The van der Waals surface area contributed by atoms with Crippen LogP contribution in [0.2, 0.25) is 0 Å². The summed E-state index contributed by atoms with van der Waals surface area (Å²) >= 11 is -0.275. The van der Waals surface area contributed by atoms with Crippen LogP contribution >= 0.6 is 11.8 Å². The van der Waals surface area contributed by atoms with Gasteiger partial charge in [-0.15, -0.1) is 0 Å². The Kier molecular flexibility index (Phi) is 6.17. The van der Waals surface area contributed by atoms with Crippen molar-refractivity contribution in [2.45, 2.75) is 31.9 Å². The minimum atomic E-state index is -2.10. The van der Waals surface area contributed by atoms with E-state index in [0.29, 0.717) is 6.61 Å². The Morgan fingerprint density at radius 2 is 2.08 bits per heavy atom. The molecule has 0 aromatic carbocycles. The molecule has 3 nitrogen and oxygen atoms in total. The fourth-order valence-electron chi connectivity index (χ4n) is 0.567. The third kappa shape index (κ3) is 10.4. The summed E-state index contributed by atoms with van der Waals surface area (Å²) in [6.07, 6.45) is 0.814. The molecule has 0 aliphatic heterocycles. The van der Waals surface area contributed by atoms with E-state index in [-0.39, 0.29) is 4.75 Å². The second-order valence-corrected chi connectivity index (χ2v) is 5.95. The van der Waals surface area contributed by atoms with Crippen molar-refractivity contribution in [3.8, 4) is 0 Å². The molecule has 0 bridgehead atoms. The topological polar surface area (TPSA) is 46.5 Å². The molecule has 0 spiro atoms. The molecule has 1 unspecified atom stereocenters. The van der Waals surface area contributed by atoms with Gasteiger partial charge in [-0.25, -0.2) is 0 Å². The van der Waals surface area contributed by atoms with Gasteiger partial charge in [-0.3, -0.25) is 8.74 Å². The van der Waals surface area contributed by atoms with E-state index < -0.39 is 11.4 Å². The standard InChI is InChI=1S/C7H16O3S2/c1-7(2,3)11-6-4-5-10-12(8)9/h4-6H2,1-3H3,(H,8,9). The predicted molar refractivity (Wildman–Crippen MR) is 53.6 cm³/mol. The van der Waals surface area contributed by atoms with Gasteiger partial charge in [0.2, 0.25) is 0 Å². The Morgan fingerprint density at radius 3 is 2.50 bits per heavy atom. The Bertz CT molecular complexity index is 142. The van der Waals surface area contributed by atoms with Gasteiger partial charge in [0.1, 0.15) is 0 Å². The fourth-order valence-corrected chi connectivity index (χ4v) is 1.70. The van der Waals surface area contributed by atoms with E-state index in [0.717, 1.165) is 12.2 Å². The van der Waals surface area contributed by atoms with Crippen LogP contribution < -0.4 is 0 Å². The van der Waals surface area contributed by atoms with Gasteiger partial charge < -0.3 is 0 Å². The molecule has 74 valence electrons. The minimum Gasteiger partial charge on any atom is -0.284 e. The average molecular weight is 212 g/mol. The Labute approximate surface area is 80.8 Å². The molecule has 0 aliphatic carbocycles. The van der Waals surface area contributed by atoms with Crippen molar-refractivity contribution in [3.63, 3.8) is 0 Å². The molecule has 0 saturated heterocycles. The van der Waals surface area contributed by atoms with E-state index >= 15 is 0 Å². The molecular formula is C7H16O3S2. The lowest BCUT2D eigenvalue weighted by atomic mass is 10.3. The van der Waals surface area contributed by atoms with Crippen molar-refractivity contribution in [1.29, 1.82) is 0 Å². The number of thioether (sulfide) groups is 1. The van der Waals surface area contributed by atoms with Gasteiger partial charge in [0.15, 0.2) is 0 Å². The molecule has 0 amide bonds. The lowest BCUT2D eigenvalue weighted by Crippen LogP contribution is -2.09. The molecule has 12 heavy (non-hydrogen) atoms. The van der Waals surface area contributed by atoms with Crippen LogP contribution in [0.25, 0.3) is 0 Å². The van der Waals surface area contributed by atoms with Gasteiger partial charge in [0, 0.05) is 4.75 Å². The highest BCUT2D eigenvalue weighted by atomic mass is 32.2. The van der Waals surface area contributed by atoms with Gasteiger partial charge in [-0.05, 0) is 12.2 Å². The third-order valence-electron chi connectivity index (χ3n) is 1.01. The lowest BCUT2D eigenvalue weighted by molar-refractivity contribution is 0.308. The highest BCUT2D eigenvalue weighted by Gasteiger charge is 2.09. The summed E-state index contributed by atoms with van der Waals surface area (Å²) in [6.45, 7) is 6.78. The molecule has 0 aromatic rings. The molecule has 0 rings (SSSR count). The Balaban J connectivity index is 3.17. The first kappa shape index (κ1) is 12.4. The fraction of sp³-hybridized carbons (Fsp3) is 1.00. The zero-order chi connectivity index (χ0) is 9.61. The summed E-state index contributed by atoms with van der Waals surface area (Å²) in [5.41, 5.74) is 0. The highest BCUT2D eigenvalue weighted by Crippen LogP contribution is 2.23. The van der Waals surface area contributed by atoms with E-state index in [2.05, 4.69) is 25.0 Å². The Morgan fingerprint density at radius 1 is 1.50 bits per heavy atom. The van der Waals surface area contributed by atoms with Gasteiger partial charge >= 0.3 is 11.4 Å². The minimum absolute atomic E-state index is 0.262. The zero-order valence-electron chi connectivity index (χ0n) is 7.70. The van der Waals surface area contributed by atoms with Crippen LogP contribution in [-0.4, -0.2) is 25.9 Å². The first-order valence-corrected chi connectivity index (χ1v) is 5.81. The van der Waals surface area contributed by atoms with Crippen molar-refractivity contribution in [1.82, 2.24) is 0 Å². The first-order valence-electron chi connectivity index (χ1n) is 3.80. The quantitative estimate of drug-likeness (QED) is 0.560. The zero-order valence-corrected chi connectivity index (χ0v) is 9.33. The van der Waals surface area contributed by atoms with Gasteiger partial charge in [0.25, 0.3) is 0 Å². The molecular weight excluding hydrogens is 196 g/mol. The molecule has 1 N–H and O–H groups in total. The summed E-state index contributed by atoms with van der Waals surface area (Å²) in [5.74, 6) is 0.959. The van der Waals surface area contributed by atoms with Crippen molar-refractivity contribution in [2.24, 2.45) is 0 Å². The molecule has 0 aromatic heterocycles. The lowest BCUT2D eigenvalue weighted by Gasteiger charge is -2.16. The van der Waals surface area contributed by atoms with Crippen molar-refractivity contribution < 1.29 is 12.9 Å². The van der Waals surface area contributed by atoms with Crippen LogP contribution in [0, 0.1) is 0 Å². The van der Waals surface area contributed by atoms with E-state index in [1.807, 2.05) is 11.8 Å². The van der Waals surface area contributed by atoms with E-state index in [9.17, 15) is 4.21 Å². The van der Waals surface area contributed by atoms with Crippen LogP contribution in [0.1, 0.15) is 27.2 Å². The third-order valence-corrected chi connectivity index (χ3v) is 2.74. The molecule has 0 heterocycles. The molecule has 0 fully saturated rings. The summed E-state index contributed by atoms with van der Waals surface area (Å²) in [6, 6.07) is 0. The van der Waals surface area contributed by atoms with Gasteiger partial charge in [0.05, 0.1) is 6.61 Å². The first-order chi connectivity index (χ1) is 5.42. The maximum atomic E-state index is 10.0. The molecule has 0 saturated carbocycles. The van der Waals surface area contributed by atoms with Crippen LogP contribution in [0.5, 0.6) is 0 Å². The monoisotopic (exact) mass is 212 g/mol. The second kappa shape index (κ2) is 5.96. The van der Waals surface area contributed by atoms with Crippen molar-refractivity contribution in [3.05, 3.63) is 0 Å². The number of rotatable bonds is 5. The maximum absolute atomic E-state index is 10.0. The Hall–Kier alpha value is 0.420. The number of hydrogen-bond donors (Lipinski definition) is 1. The van der Waals surface area contributed by atoms with Gasteiger partial charge in [-0.1, -0.05) is 20.8 Å². The van der Waals surface area contributed by atoms with Crippen molar-refractivity contribution in [2.75, 3.05) is 12.4 Å². The van der Waals surface area contributed by atoms with E-state index in [1.54, 1.807) is 0 Å². The van der Waals surface area contributed by atoms with E-state index in [1.165, 1.54) is 0 Å². The molecule has 1 atom stereocenters. The van der Waals surface area contributed by atoms with Crippen molar-refractivity contribution >= 4 is 23.1 Å². The second-order valence-electron chi connectivity index (χ2n) is 3.35.